The molecule has 0 aliphatic heterocycles. The molecule has 7 heteroatoms. The van der Waals surface area contributed by atoms with E-state index in [9.17, 15) is 9.59 Å². The molecule has 6 nitrogen and oxygen atoms in total. The van der Waals surface area contributed by atoms with E-state index >= 15 is 0 Å². The van der Waals surface area contributed by atoms with Gasteiger partial charge in [0.2, 0.25) is 0 Å². The molecule has 0 saturated carbocycles. The molecule has 2 rings (SSSR count). The Kier molecular flexibility index (Phi) is 3.24. The number of Topliss-reactive ketones (excluding diaryl/α,β-unsaturated/α-hetero) is 1. The number of carbonyl (C=O) groups excluding carboxylic acids is 2. The van der Waals surface area contributed by atoms with Gasteiger partial charge in [-0.1, -0.05) is 0 Å². The molecular weight excluding hydrogens is 252 g/mol. The van der Waals surface area contributed by atoms with Gasteiger partial charge in [-0.2, -0.15) is 5.10 Å². The average Bonchev–Trinajstić information content (AvgIpc) is 2.85. The standard InChI is InChI=1S/C11H12N4O2S/c1-6-4-9(15(3)14-6)10(17)13-11-12-8(5-18-11)7(2)16/h4-5H,1-3H3,(H,12,13,17). The quantitative estimate of drug-likeness (QED) is 0.855. The van der Waals surface area contributed by atoms with E-state index in [4.69, 9.17) is 0 Å². The summed E-state index contributed by atoms with van der Waals surface area (Å²) in [6, 6.07) is 1.69. The van der Waals surface area contributed by atoms with E-state index in [1.807, 2.05) is 6.92 Å². The minimum Gasteiger partial charge on any atom is -0.296 e. The van der Waals surface area contributed by atoms with E-state index in [0.717, 1.165) is 5.69 Å². The third kappa shape index (κ3) is 2.45. The lowest BCUT2D eigenvalue weighted by atomic mass is 10.3. The predicted molar refractivity (Wildman–Crippen MR) is 68.0 cm³/mol. The number of ketones is 1. The Morgan fingerprint density at radius 2 is 2.17 bits per heavy atom. The summed E-state index contributed by atoms with van der Waals surface area (Å²) in [5, 5.41) is 8.76. The van der Waals surface area contributed by atoms with Gasteiger partial charge in [-0.15, -0.1) is 11.3 Å². The van der Waals surface area contributed by atoms with Crippen LogP contribution < -0.4 is 5.32 Å². The van der Waals surface area contributed by atoms with Crippen molar-refractivity contribution in [3.63, 3.8) is 0 Å². The maximum absolute atomic E-state index is 11.9. The summed E-state index contributed by atoms with van der Waals surface area (Å²) in [4.78, 5) is 27.0. The number of nitrogens with zero attached hydrogens (tertiary/aromatic N) is 3. The minimum absolute atomic E-state index is 0.122. The smallest absolute Gasteiger partial charge is 0.275 e. The Hall–Kier alpha value is -2.02. The molecule has 0 atom stereocenters. The normalized spacial score (nSPS) is 10.4. The number of anilines is 1. The van der Waals surface area contributed by atoms with Crippen molar-refractivity contribution in [2.45, 2.75) is 13.8 Å². The zero-order valence-corrected chi connectivity index (χ0v) is 11.0. The van der Waals surface area contributed by atoms with Gasteiger partial charge < -0.3 is 0 Å². The van der Waals surface area contributed by atoms with Crippen LogP contribution in [-0.2, 0) is 7.05 Å². The summed E-state index contributed by atoms with van der Waals surface area (Å²) in [6.45, 7) is 3.25. The number of nitrogens with one attached hydrogen (secondary N) is 1. The first-order valence-corrected chi connectivity index (χ1v) is 6.14. The second kappa shape index (κ2) is 4.69. The lowest BCUT2D eigenvalue weighted by Gasteiger charge is -2.01. The topological polar surface area (TPSA) is 76.9 Å². The average molecular weight is 264 g/mol. The molecule has 1 amide bonds. The van der Waals surface area contributed by atoms with Crippen LogP contribution in [0.15, 0.2) is 11.4 Å². The molecule has 0 aliphatic carbocycles. The third-order valence-electron chi connectivity index (χ3n) is 2.32. The summed E-state index contributed by atoms with van der Waals surface area (Å²) in [5.41, 5.74) is 1.58. The van der Waals surface area contributed by atoms with Gasteiger partial charge in [0.05, 0.1) is 5.69 Å². The van der Waals surface area contributed by atoms with Gasteiger partial charge in [0.1, 0.15) is 11.4 Å². The SMILES string of the molecule is CC(=O)c1csc(NC(=O)c2cc(C)nn2C)n1. The molecule has 0 aliphatic rings. The molecule has 0 spiro atoms. The number of amides is 1. The number of thiazole rings is 1. The van der Waals surface area contributed by atoms with E-state index in [-0.39, 0.29) is 11.7 Å². The molecular formula is C11H12N4O2S. The monoisotopic (exact) mass is 264 g/mol. The minimum atomic E-state index is -0.289. The highest BCUT2D eigenvalue weighted by Crippen LogP contribution is 2.16. The summed E-state index contributed by atoms with van der Waals surface area (Å²) in [6.07, 6.45) is 0. The van der Waals surface area contributed by atoms with Crippen LogP contribution in [0.1, 0.15) is 33.6 Å². The van der Waals surface area contributed by atoms with Crippen LogP contribution in [0.2, 0.25) is 0 Å². The van der Waals surface area contributed by atoms with Crippen molar-refractivity contribution in [2.75, 3.05) is 5.32 Å². The molecule has 1 N–H and O–H groups in total. The van der Waals surface area contributed by atoms with E-state index in [1.54, 1.807) is 18.5 Å². The van der Waals surface area contributed by atoms with Crippen LogP contribution in [0.5, 0.6) is 0 Å². The maximum Gasteiger partial charge on any atom is 0.275 e. The van der Waals surface area contributed by atoms with Crippen LogP contribution >= 0.6 is 11.3 Å². The number of aryl methyl sites for hydroxylation is 2. The zero-order chi connectivity index (χ0) is 13.3. The van der Waals surface area contributed by atoms with Crippen molar-refractivity contribution >= 4 is 28.2 Å². The lowest BCUT2D eigenvalue weighted by molar-refractivity contribution is 0.1000. The lowest BCUT2D eigenvalue weighted by Crippen LogP contribution is -2.16. The van der Waals surface area contributed by atoms with Gasteiger partial charge in [-0.05, 0) is 13.0 Å². The highest BCUT2D eigenvalue weighted by Gasteiger charge is 2.14. The molecule has 2 aromatic heterocycles. The van der Waals surface area contributed by atoms with Crippen molar-refractivity contribution in [3.05, 3.63) is 28.5 Å². The fraction of sp³-hybridized carbons (Fsp3) is 0.273. The highest BCUT2D eigenvalue weighted by atomic mass is 32.1. The summed E-state index contributed by atoms with van der Waals surface area (Å²) >= 11 is 1.22. The molecule has 0 unspecified atom stereocenters. The van der Waals surface area contributed by atoms with Crippen LogP contribution in [0.4, 0.5) is 5.13 Å². The van der Waals surface area contributed by atoms with Crippen LogP contribution in [-0.4, -0.2) is 26.5 Å². The second-order valence-corrected chi connectivity index (χ2v) is 4.70. The first-order valence-electron chi connectivity index (χ1n) is 5.26. The summed E-state index contributed by atoms with van der Waals surface area (Å²) in [7, 11) is 1.70. The molecule has 2 aromatic rings. The molecule has 18 heavy (non-hydrogen) atoms. The molecule has 0 aromatic carbocycles. The summed E-state index contributed by atoms with van der Waals surface area (Å²) in [5.74, 6) is -0.411. The number of carbonyl (C=O) groups is 2. The highest BCUT2D eigenvalue weighted by molar-refractivity contribution is 7.14. The van der Waals surface area contributed by atoms with Crippen molar-refractivity contribution in [1.29, 1.82) is 0 Å². The third-order valence-corrected chi connectivity index (χ3v) is 3.08. The van der Waals surface area contributed by atoms with E-state index in [0.29, 0.717) is 16.5 Å². The van der Waals surface area contributed by atoms with Crippen molar-refractivity contribution in [3.8, 4) is 0 Å². The van der Waals surface area contributed by atoms with Gasteiger partial charge in [0, 0.05) is 19.4 Å². The number of hydrogen-bond donors (Lipinski definition) is 1. The molecule has 94 valence electrons. The van der Waals surface area contributed by atoms with Gasteiger partial charge >= 0.3 is 0 Å². The van der Waals surface area contributed by atoms with Crippen LogP contribution in [0, 0.1) is 6.92 Å². The second-order valence-electron chi connectivity index (χ2n) is 3.84. The van der Waals surface area contributed by atoms with E-state index in [1.165, 1.54) is 22.9 Å². The van der Waals surface area contributed by atoms with Crippen molar-refractivity contribution in [1.82, 2.24) is 14.8 Å². The molecule has 0 fully saturated rings. The Labute approximate surface area is 108 Å². The molecule has 0 saturated heterocycles. The van der Waals surface area contributed by atoms with Crippen molar-refractivity contribution in [2.24, 2.45) is 7.05 Å². The molecule has 0 bridgehead atoms. The number of hydrogen-bond acceptors (Lipinski definition) is 5. The van der Waals surface area contributed by atoms with Crippen LogP contribution in [0.25, 0.3) is 0 Å². The predicted octanol–water partition coefficient (Wildman–Crippen LogP) is 1.64. The Morgan fingerprint density at radius 1 is 1.44 bits per heavy atom. The first-order chi connectivity index (χ1) is 8.47. The first kappa shape index (κ1) is 12.4. The Balaban J connectivity index is 2.16. The van der Waals surface area contributed by atoms with Crippen molar-refractivity contribution < 1.29 is 9.59 Å². The fourth-order valence-electron chi connectivity index (χ4n) is 1.48. The fourth-order valence-corrected chi connectivity index (χ4v) is 2.22. The Bertz CT molecular complexity index is 614. The maximum atomic E-state index is 11.9. The van der Waals surface area contributed by atoms with Crippen LogP contribution in [0.3, 0.4) is 0 Å². The number of rotatable bonds is 3. The largest absolute Gasteiger partial charge is 0.296 e. The van der Waals surface area contributed by atoms with Gasteiger partial charge in [0.25, 0.3) is 5.91 Å². The molecule has 0 radical (unpaired) electrons. The number of aromatic nitrogens is 3. The summed E-state index contributed by atoms with van der Waals surface area (Å²) < 4.78 is 1.50. The van der Waals surface area contributed by atoms with Gasteiger partial charge in [0.15, 0.2) is 10.9 Å². The van der Waals surface area contributed by atoms with E-state index < -0.39 is 0 Å². The van der Waals surface area contributed by atoms with Gasteiger partial charge in [-0.25, -0.2) is 4.98 Å². The van der Waals surface area contributed by atoms with Gasteiger partial charge in [-0.3, -0.25) is 19.6 Å². The zero-order valence-electron chi connectivity index (χ0n) is 10.2. The molecule has 2 heterocycles. The van der Waals surface area contributed by atoms with E-state index in [2.05, 4.69) is 15.4 Å². The Morgan fingerprint density at radius 3 is 2.67 bits per heavy atom.